The first-order chi connectivity index (χ1) is 11.9. The molecule has 0 radical (unpaired) electrons. The summed E-state index contributed by atoms with van der Waals surface area (Å²) in [6, 6.07) is 5.10. The van der Waals surface area contributed by atoms with Crippen molar-refractivity contribution in [3.05, 3.63) is 34.4 Å². The highest BCUT2D eigenvalue weighted by atomic mass is 32.1. The number of non-ortho nitro benzene ring substituents is 1. The van der Waals surface area contributed by atoms with Gasteiger partial charge in [-0.25, -0.2) is 0 Å². The molecular weight excluding hydrogens is 358 g/mol. The molecular formula is C14H17NO9S. The van der Waals surface area contributed by atoms with E-state index in [0.29, 0.717) is 0 Å². The number of nitro groups is 1. The normalized spacial score (nSPS) is 29.0. The van der Waals surface area contributed by atoms with Gasteiger partial charge in [-0.15, -0.1) is 0 Å². The number of thiocarbonyl (C=S) groups is 1. The Hall–Kier alpha value is -1.89. The number of ether oxygens (including phenoxy) is 4. The van der Waals surface area contributed by atoms with E-state index >= 15 is 0 Å². The molecule has 0 aliphatic carbocycles. The highest BCUT2D eigenvalue weighted by Crippen LogP contribution is 2.25. The second-order valence-electron chi connectivity index (χ2n) is 5.13. The second kappa shape index (κ2) is 8.47. The fourth-order valence-electron chi connectivity index (χ4n) is 2.24. The second-order valence-corrected chi connectivity index (χ2v) is 5.46. The molecule has 1 heterocycles. The molecule has 2 rings (SSSR count). The lowest BCUT2D eigenvalue weighted by Crippen LogP contribution is -2.60. The quantitative estimate of drug-likeness (QED) is 0.358. The maximum atomic E-state index is 10.6. The van der Waals surface area contributed by atoms with Crippen LogP contribution in [-0.4, -0.2) is 69.9 Å². The predicted octanol–water partition coefficient (Wildman–Crippen LogP) is -0.271. The zero-order valence-corrected chi connectivity index (χ0v) is 13.9. The van der Waals surface area contributed by atoms with Gasteiger partial charge in [-0.2, -0.15) is 0 Å². The molecule has 0 bridgehead atoms. The van der Waals surface area contributed by atoms with Gasteiger partial charge in [0.15, 0.2) is 12.4 Å². The number of aliphatic hydroxyl groups is 3. The Kier molecular flexibility index (Phi) is 6.58. The first kappa shape index (κ1) is 19.4. The van der Waals surface area contributed by atoms with E-state index in [4.69, 9.17) is 36.3 Å². The lowest BCUT2D eigenvalue weighted by atomic mass is 9.99. The summed E-state index contributed by atoms with van der Waals surface area (Å²) >= 11 is 4.92. The molecule has 0 unspecified atom stereocenters. The summed E-state index contributed by atoms with van der Waals surface area (Å²) in [7, 11) is 1.29. The monoisotopic (exact) mass is 375 g/mol. The van der Waals surface area contributed by atoms with Crippen molar-refractivity contribution >= 4 is 23.1 Å². The van der Waals surface area contributed by atoms with Crippen molar-refractivity contribution in [3.8, 4) is 5.75 Å². The van der Waals surface area contributed by atoms with Crippen LogP contribution in [0.2, 0.25) is 0 Å². The number of nitro benzene ring substituents is 1. The number of benzene rings is 1. The van der Waals surface area contributed by atoms with Crippen LogP contribution in [0.3, 0.4) is 0 Å². The molecule has 0 aromatic heterocycles. The average Bonchev–Trinajstić information content (AvgIpc) is 2.59. The van der Waals surface area contributed by atoms with Crippen molar-refractivity contribution in [2.45, 2.75) is 30.7 Å². The van der Waals surface area contributed by atoms with Gasteiger partial charge < -0.3 is 34.3 Å². The number of nitrogens with zero attached hydrogens (tertiary/aromatic N) is 1. The van der Waals surface area contributed by atoms with Crippen LogP contribution in [0.4, 0.5) is 5.69 Å². The molecule has 0 saturated carbocycles. The molecule has 1 aromatic carbocycles. The Balaban J connectivity index is 2.01. The summed E-state index contributed by atoms with van der Waals surface area (Å²) in [5.74, 6) is 0.185. The zero-order valence-electron chi connectivity index (χ0n) is 13.0. The van der Waals surface area contributed by atoms with E-state index in [1.807, 2.05) is 0 Å². The molecule has 10 nitrogen and oxygen atoms in total. The van der Waals surface area contributed by atoms with Crippen molar-refractivity contribution in [1.29, 1.82) is 0 Å². The van der Waals surface area contributed by atoms with Crippen molar-refractivity contribution in [2.24, 2.45) is 0 Å². The topological polar surface area (TPSA) is 141 Å². The SMILES string of the molecule is CO[C@H]1O[C@H](CO)[C@@H](O)[C@H](O)[C@H]1OC(=S)Oc1ccc([N+](=O)[O-])cc1. The average molecular weight is 375 g/mol. The van der Waals surface area contributed by atoms with E-state index in [1.54, 1.807) is 0 Å². The molecule has 1 aliphatic rings. The predicted molar refractivity (Wildman–Crippen MR) is 86.0 cm³/mol. The maximum Gasteiger partial charge on any atom is 0.358 e. The smallest absolute Gasteiger partial charge is 0.358 e. The van der Waals surface area contributed by atoms with Gasteiger partial charge in [-0.3, -0.25) is 10.1 Å². The Morgan fingerprint density at radius 3 is 2.48 bits per heavy atom. The van der Waals surface area contributed by atoms with Crippen LogP contribution in [0.15, 0.2) is 24.3 Å². The highest BCUT2D eigenvalue weighted by molar-refractivity contribution is 7.79. The highest BCUT2D eigenvalue weighted by Gasteiger charge is 2.46. The minimum Gasteiger partial charge on any atom is -0.445 e. The van der Waals surface area contributed by atoms with Gasteiger partial charge >= 0.3 is 5.24 Å². The molecule has 3 N–H and O–H groups in total. The van der Waals surface area contributed by atoms with Crippen LogP contribution in [0.1, 0.15) is 0 Å². The Labute approximate surface area is 147 Å². The van der Waals surface area contributed by atoms with Gasteiger partial charge in [-0.05, 0) is 12.1 Å². The van der Waals surface area contributed by atoms with Crippen molar-refractivity contribution in [3.63, 3.8) is 0 Å². The number of methoxy groups -OCH3 is 1. The van der Waals surface area contributed by atoms with Crippen LogP contribution in [0.25, 0.3) is 0 Å². The zero-order chi connectivity index (χ0) is 18.6. The molecule has 1 saturated heterocycles. The molecule has 25 heavy (non-hydrogen) atoms. The number of rotatable bonds is 5. The Bertz CT molecular complexity index is 609. The Morgan fingerprint density at radius 2 is 1.96 bits per heavy atom. The van der Waals surface area contributed by atoms with Crippen molar-refractivity contribution in [2.75, 3.05) is 13.7 Å². The fraction of sp³-hybridized carbons (Fsp3) is 0.500. The first-order valence-electron chi connectivity index (χ1n) is 7.15. The summed E-state index contributed by atoms with van der Waals surface area (Å²) < 4.78 is 20.8. The van der Waals surface area contributed by atoms with E-state index in [2.05, 4.69) is 0 Å². The number of aliphatic hydroxyl groups excluding tert-OH is 3. The van der Waals surface area contributed by atoms with E-state index < -0.39 is 47.5 Å². The lowest BCUT2D eigenvalue weighted by molar-refractivity contribution is -0.384. The molecule has 1 fully saturated rings. The van der Waals surface area contributed by atoms with Crippen LogP contribution in [0.5, 0.6) is 5.75 Å². The summed E-state index contributed by atoms with van der Waals surface area (Å²) in [6.07, 6.45) is -6.20. The summed E-state index contributed by atoms with van der Waals surface area (Å²) in [5, 5.41) is 39.3. The van der Waals surface area contributed by atoms with E-state index in [-0.39, 0.29) is 11.4 Å². The number of hydrogen-bond donors (Lipinski definition) is 3. The summed E-state index contributed by atoms with van der Waals surface area (Å²) in [6.45, 7) is -0.519. The van der Waals surface area contributed by atoms with E-state index in [0.717, 1.165) is 0 Å². The molecule has 138 valence electrons. The third-order valence-electron chi connectivity index (χ3n) is 3.54. The largest absolute Gasteiger partial charge is 0.445 e. The summed E-state index contributed by atoms with van der Waals surface area (Å²) in [5.41, 5.74) is -0.118. The summed E-state index contributed by atoms with van der Waals surface area (Å²) in [4.78, 5) is 10.0. The third-order valence-corrected chi connectivity index (χ3v) is 3.72. The minimum atomic E-state index is -1.45. The maximum absolute atomic E-state index is 10.6. The Morgan fingerprint density at radius 1 is 1.32 bits per heavy atom. The van der Waals surface area contributed by atoms with E-state index in [1.165, 1.54) is 31.4 Å². The molecule has 11 heteroatoms. The van der Waals surface area contributed by atoms with Gasteiger partial charge in [0, 0.05) is 31.5 Å². The molecule has 1 aromatic rings. The van der Waals surface area contributed by atoms with Crippen LogP contribution < -0.4 is 4.74 Å². The van der Waals surface area contributed by atoms with Crippen molar-refractivity contribution in [1.82, 2.24) is 0 Å². The fourth-order valence-corrected chi connectivity index (χ4v) is 2.45. The van der Waals surface area contributed by atoms with Crippen LogP contribution in [0, 0.1) is 10.1 Å². The first-order valence-corrected chi connectivity index (χ1v) is 7.56. The standard InChI is InChI=1S/C14H17NO9S/c1-21-13-12(11(18)10(17)9(6-16)23-13)24-14(25)22-8-4-2-7(3-5-8)15(19)20/h2-5,9-13,16-18H,6H2,1H3/t9-,10-,11+,12-,13+/m1/s1. The third kappa shape index (κ3) is 4.60. The lowest BCUT2D eigenvalue weighted by Gasteiger charge is -2.40. The molecule has 0 spiro atoms. The van der Waals surface area contributed by atoms with Gasteiger partial charge in [0.05, 0.1) is 11.5 Å². The van der Waals surface area contributed by atoms with Gasteiger partial charge in [-0.1, -0.05) is 0 Å². The minimum absolute atomic E-state index is 0.118. The van der Waals surface area contributed by atoms with Gasteiger partial charge in [0.1, 0.15) is 24.1 Å². The van der Waals surface area contributed by atoms with Crippen LogP contribution >= 0.6 is 12.2 Å². The molecule has 0 amide bonds. The van der Waals surface area contributed by atoms with E-state index in [9.17, 15) is 20.3 Å². The van der Waals surface area contributed by atoms with Crippen LogP contribution in [-0.2, 0) is 14.2 Å². The molecule has 1 aliphatic heterocycles. The molecule has 5 atom stereocenters. The number of hydrogen-bond acceptors (Lipinski definition) is 10. The van der Waals surface area contributed by atoms with Gasteiger partial charge in [0.2, 0.25) is 0 Å². The van der Waals surface area contributed by atoms with Crippen molar-refractivity contribution < 1.29 is 39.2 Å². The van der Waals surface area contributed by atoms with Gasteiger partial charge in [0.25, 0.3) is 5.69 Å².